The molecule has 1 heterocycles. The number of halogens is 4. The van der Waals surface area contributed by atoms with Crippen LogP contribution in [0.2, 0.25) is 0 Å². The molecular formula is C26H30F3IN2O2. The minimum absolute atomic E-state index is 0.0571. The lowest BCUT2D eigenvalue weighted by molar-refractivity contribution is -0.0890. The van der Waals surface area contributed by atoms with E-state index < -0.39 is 34.6 Å². The lowest BCUT2D eigenvalue weighted by Crippen LogP contribution is -2.63. The van der Waals surface area contributed by atoms with E-state index in [1.54, 1.807) is 6.07 Å². The number of likely N-dealkylation sites (tertiary alicyclic amines) is 1. The summed E-state index contributed by atoms with van der Waals surface area (Å²) in [6.45, 7) is 0.295. The maximum absolute atomic E-state index is 14.7. The number of nitrogens with zero attached hydrogens (tertiary/aromatic N) is 1. The summed E-state index contributed by atoms with van der Waals surface area (Å²) in [6.07, 6.45) is 10.3. The number of aliphatic hydroxyl groups is 1. The third-order valence-corrected chi connectivity index (χ3v) is 7.69. The third-order valence-electron chi connectivity index (χ3n) is 7.02. The van der Waals surface area contributed by atoms with E-state index in [0.717, 1.165) is 12.5 Å². The molecule has 2 aromatic rings. The molecule has 0 unspecified atom stereocenters. The van der Waals surface area contributed by atoms with Crippen LogP contribution in [-0.2, 0) is 0 Å². The average Bonchev–Trinajstić information content (AvgIpc) is 2.75. The van der Waals surface area contributed by atoms with E-state index in [9.17, 15) is 23.1 Å². The summed E-state index contributed by atoms with van der Waals surface area (Å²) in [6, 6.07) is 6.37. The highest BCUT2D eigenvalue weighted by Crippen LogP contribution is 2.35. The van der Waals surface area contributed by atoms with Gasteiger partial charge in [0.05, 0.1) is 35.6 Å². The van der Waals surface area contributed by atoms with Gasteiger partial charge < -0.3 is 15.3 Å². The molecule has 2 fully saturated rings. The van der Waals surface area contributed by atoms with E-state index in [1.807, 2.05) is 22.6 Å². The first kappa shape index (κ1) is 25.3. The molecule has 4 nitrogen and oxygen atoms in total. The van der Waals surface area contributed by atoms with Crippen molar-refractivity contribution in [2.75, 3.05) is 18.4 Å². The fourth-order valence-electron chi connectivity index (χ4n) is 5.02. The van der Waals surface area contributed by atoms with Crippen LogP contribution in [0.15, 0.2) is 30.3 Å². The van der Waals surface area contributed by atoms with Crippen LogP contribution in [0.5, 0.6) is 0 Å². The Morgan fingerprint density at radius 2 is 1.71 bits per heavy atom. The Bertz CT molecular complexity index is 1030. The maximum Gasteiger partial charge on any atom is 0.256 e. The van der Waals surface area contributed by atoms with Gasteiger partial charge in [0, 0.05) is 3.57 Å². The predicted octanol–water partition coefficient (Wildman–Crippen LogP) is 6.78. The molecule has 0 atom stereocenters. The summed E-state index contributed by atoms with van der Waals surface area (Å²) in [4.78, 5) is 14.5. The number of carbonyl (C=O) groups excluding carboxylic acids is 1. The number of amides is 1. The van der Waals surface area contributed by atoms with E-state index in [4.69, 9.17) is 0 Å². The van der Waals surface area contributed by atoms with Gasteiger partial charge in [0.1, 0.15) is 5.82 Å². The van der Waals surface area contributed by atoms with Gasteiger partial charge in [-0.3, -0.25) is 4.79 Å². The summed E-state index contributed by atoms with van der Waals surface area (Å²) < 4.78 is 43.6. The second-order valence-corrected chi connectivity index (χ2v) is 10.9. The van der Waals surface area contributed by atoms with Crippen LogP contribution in [0.4, 0.5) is 24.5 Å². The number of β-amino-alcohol motifs (C(OH)–C–C–N with tert-alkyl or cyclic N) is 1. The molecule has 184 valence electrons. The first-order valence-electron chi connectivity index (χ1n) is 12.0. The molecule has 0 spiro atoms. The number of benzene rings is 2. The quantitative estimate of drug-likeness (QED) is 0.367. The Labute approximate surface area is 212 Å². The van der Waals surface area contributed by atoms with Crippen molar-refractivity contribution in [3.63, 3.8) is 0 Å². The van der Waals surface area contributed by atoms with Gasteiger partial charge in [-0.05, 0) is 71.7 Å². The number of rotatable bonds is 6. The zero-order valence-electron chi connectivity index (χ0n) is 19.1. The smallest absolute Gasteiger partial charge is 0.256 e. The standard InChI is InChI=1S/C26H30F3IN2O2/c27-20-10-9-19(24(23(20)29)31-22-11-8-18(30)14-21(22)28)25(33)32-15-26(34,16-32)13-12-17-6-4-2-1-3-5-7-17/h8-11,14,17,31,34H,1-7,12-13,15-16H2. The normalized spacial score (nSPS) is 18.7. The van der Waals surface area contributed by atoms with Gasteiger partial charge in [0.25, 0.3) is 5.91 Å². The lowest BCUT2D eigenvalue weighted by atomic mass is 9.81. The van der Waals surface area contributed by atoms with Crippen molar-refractivity contribution in [1.82, 2.24) is 4.90 Å². The molecule has 2 aromatic carbocycles. The summed E-state index contributed by atoms with van der Waals surface area (Å²) in [5.41, 5.74) is -1.51. The molecule has 34 heavy (non-hydrogen) atoms. The second-order valence-electron chi connectivity index (χ2n) is 9.67. The van der Waals surface area contributed by atoms with Crippen molar-refractivity contribution < 1.29 is 23.1 Å². The molecule has 4 rings (SSSR count). The Balaban J connectivity index is 1.43. The Morgan fingerprint density at radius 1 is 1.03 bits per heavy atom. The van der Waals surface area contributed by atoms with Crippen molar-refractivity contribution in [3.05, 3.63) is 56.9 Å². The first-order chi connectivity index (χ1) is 16.3. The third kappa shape index (κ3) is 5.87. The Morgan fingerprint density at radius 3 is 2.38 bits per heavy atom. The number of nitrogens with one attached hydrogen (secondary N) is 1. The molecule has 0 bridgehead atoms. The minimum Gasteiger partial charge on any atom is -0.386 e. The van der Waals surface area contributed by atoms with Gasteiger partial charge in [0.15, 0.2) is 11.6 Å². The molecule has 0 radical (unpaired) electrons. The summed E-state index contributed by atoms with van der Waals surface area (Å²) in [5.74, 6) is -2.93. The van der Waals surface area contributed by atoms with Crippen molar-refractivity contribution in [1.29, 1.82) is 0 Å². The SMILES string of the molecule is O=C(c1ccc(F)c(F)c1Nc1ccc(I)cc1F)N1CC(O)(CCC2CCCCCCC2)C1. The van der Waals surface area contributed by atoms with Gasteiger partial charge in [0.2, 0.25) is 0 Å². The van der Waals surface area contributed by atoms with Crippen molar-refractivity contribution in [2.45, 2.75) is 63.4 Å². The van der Waals surface area contributed by atoms with Gasteiger partial charge in [-0.25, -0.2) is 13.2 Å². The number of hydrogen-bond donors (Lipinski definition) is 2. The highest BCUT2D eigenvalue weighted by atomic mass is 127. The molecule has 1 saturated carbocycles. The monoisotopic (exact) mass is 586 g/mol. The Kier molecular flexibility index (Phi) is 8.07. The molecule has 1 aliphatic heterocycles. The Hall–Kier alpha value is -1.81. The number of carbonyl (C=O) groups is 1. The van der Waals surface area contributed by atoms with Crippen molar-refractivity contribution >= 4 is 39.9 Å². The highest BCUT2D eigenvalue weighted by molar-refractivity contribution is 14.1. The molecule has 2 N–H and O–H groups in total. The van der Waals surface area contributed by atoms with Gasteiger partial charge >= 0.3 is 0 Å². The fourth-order valence-corrected chi connectivity index (χ4v) is 5.47. The van der Waals surface area contributed by atoms with Crippen molar-refractivity contribution in [2.24, 2.45) is 5.92 Å². The fraction of sp³-hybridized carbons (Fsp3) is 0.500. The highest BCUT2D eigenvalue weighted by Gasteiger charge is 2.44. The van der Waals surface area contributed by atoms with Gasteiger partial charge in [-0.2, -0.15) is 0 Å². The zero-order valence-corrected chi connectivity index (χ0v) is 21.2. The lowest BCUT2D eigenvalue weighted by Gasteiger charge is -2.47. The molecule has 0 aromatic heterocycles. The van der Waals surface area contributed by atoms with Crippen LogP contribution in [0.3, 0.4) is 0 Å². The average molecular weight is 586 g/mol. The second kappa shape index (κ2) is 10.8. The first-order valence-corrected chi connectivity index (χ1v) is 13.1. The van der Waals surface area contributed by atoms with Gasteiger partial charge in [-0.1, -0.05) is 44.9 Å². The minimum atomic E-state index is -1.25. The van der Waals surface area contributed by atoms with Crippen LogP contribution in [0.25, 0.3) is 0 Å². The molecule has 8 heteroatoms. The molecular weight excluding hydrogens is 556 g/mol. The summed E-state index contributed by atoms with van der Waals surface area (Å²) in [7, 11) is 0. The van der Waals surface area contributed by atoms with Crippen LogP contribution in [0, 0.1) is 26.9 Å². The molecule has 1 amide bonds. The van der Waals surface area contributed by atoms with E-state index in [-0.39, 0.29) is 24.3 Å². The topological polar surface area (TPSA) is 52.6 Å². The van der Waals surface area contributed by atoms with Crippen LogP contribution in [0.1, 0.15) is 68.1 Å². The molecule has 1 aliphatic carbocycles. The van der Waals surface area contributed by atoms with Crippen LogP contribution in [-0.4, -0.2) is 34.6 Å². The van der Waals surface area contributed by atoms with E-state index in [1.165, 1.54) is 68.0 Å². The zero-order chi connectivity index (χ0) is 24.3. The van der Waals surface area contributed by atoms with Crippen LogP contribution >= 0.6 is 22.6 Å². The molecule has 1 saturated heterocycles. The van der Waals surface area contributed by atoms with E-state index in [2.05, 4.69) is 5.32 Å². The summed E-state index contributed by atoms with van der Waals surface area (Å²) in [5, 5.41) is 13.5. The predicted molar refractivity (Wildman–Crippen MR) is 135 cm³/mol. The van der Waals surface area contributed by atoms with E-state index in [0.29, 0.717) is 15.9 Å². The summed E-state index contributed by atoms with van der Waals surface area (Å²) >= 11 is 1.94. The van der Waals surface area contributed by atoms with Crippen molar-refractivity contribution in [3.8, 4) is 0 Å². The number of anilines is 2. The molecule has 2 aliphatic rings. The van der Waals surface area contributed by atoms with E-state index >= 15 is 0 Å². The van der Waals surface area contributed by atoms with Gasteiger partial charge in [-0.15, -0.1) is 0 Å². The maximum atomic E-state index is 14.7. The largest absolute Gasteiger partial charge is 0.386 e. The van der Waals surface area contributed by atoms with Crippen LogP contribution < -0.4 is 5.32 Å². The number of hydrogen-bond acceptors (Lipinski definition) is 3.